The van der Waals surface area contributed by atoms with E-state index in [4.69, 9.17) is 23.1 Å². The minimum atomic E-state index is -1.01. The number of amides is 1. The Labute approximate surface area is 119 Å². The second-order valence-electron chi connectivity index (χ2n) is 3.96. The molecule has 1 atom stereocenters. The Kier molecular flexibility index (Phi) is 4.03. The molecule has 1 aliphatic rings. The second-order valence-corrected chi connectivity index (χ2v) is 5.40. The van der Waals surface area contributed by atoms with E-state index in [-0.39, 0.29) is 5.91 Å². The van der Waals surface area contributed by atoms with E-state index in [2.05, 4.69) is 5.92 Å². The molecule has 1 saturated heterocycles. The summed E-state index contributed by atoms with van der Waals surface area (Å²) in [5.41, 5.74) is 0.680. The molecule has 0 radical (unpaired) electrons. The fourth-order valence-electron chi connectivity index (χ4n) is 1.82. The van der Waals surface area contributed by atoms with Crippen LogP contribution in [0.4, 0.5) is 0 Å². The maximum absolute atomic E-state index is 12.4. The summed E-state index contributed by atoms with van der Waals surface area (Å²) in [5.74, 6) is 1.76. The van der Waals surface area contributed by atoms with Gasteiger partial charge in [-0.05, 0) is 18.2 Å². The molecule has 19 heavy (non-hydrogen) atoms. The first-order valence-electron chi connectivity index (χ1n) is 5.42. The average molecular weight is 296 g/mol. The molecular formula is C13H10ClNO3S. The molecule has 0 aromatic heterocycles. The molecular weight excluding hydrogens is 286 g/mol. The van der Waals surface area contributed by atoms with Crippen LogP contribution in [-0.4, -0.2) is 39.6 Å². The zero-order valence-corrected chi connectivity index (χ0v) is 11.4. The summed E-state index contributed by atoms with van der Waals surface area (Å²) in [4.78, 5) is 24.8. The highest BCUT2D eigenvalue weighted by atomic mass is 35.5. The maximum atomic E-state index is 12.4. The number of carbonyl (C=O) groups excluding carboxylic acids is 1. The first-order chi connectivity index (χ1) is 9.04. The van der Waals surface area contributed by atoms with Crippen molar-refractivity contribution < 1.29 is 14.7 Å². The third-order valence-electron chi connectivity index (χ3n) is 2.80. The number of thioether (sulfide) groups is 1. The minimum absolute atomic E-state index is 0.306. The number of aliphatic carboxylic acids is 1. The minimum Gasteiger partial charge on any atom is -0.480 e. The van der Waals surface area contributed by atoms with Crippen LogP contribution in [0.15, 0.2) is 18.2 Å². The highest BCUT2D eigenvalue weighted by molar-refractivity contribution is 7.99. The van der Waals surface area contributed by atoms with Gasteiger partial charge in [0, 0.05) is 16.3 Å². The van der Waals surface area contributed by atoms with Gasteiger partial charge < -0.3 is 10.0 Å². The number of hydrogen-bond acceptors (Lipinski definition) is 3. The number of carboxylic acid groups (broad SMARTS) is 1. The second kappa shape index (κ2) is 5.55. The lowest BCUT2D eigenvalue weighted by atomic mass is 10.1. The summed E-state index contributed by atoms with van der Waals surface area (Å²) < 4.78 is 0. The summed E-state index contributed by atoms with van der Waals surface area (Å²) in [6.45, 7) is 0. The Bertz CT molecular complexity index is 582. The highest BCUT2D eigenvalue weighted by Crippen LogP contribution is 2.25. The molecule has 1 aromatic carbocycles. The first-order valence-corrected chi connectivity index (χ1v) is 6.95. The quantitative estimate of drug-likeness (QED) is 0.847. The molecule has 1 fully saturated rings. The van der Waals surface area contributed by atoms with Gasteiger partial charge in [-0.25, -0.2) is 4.79 Å². The SMILES string of the molecule is C#Cc1cc(Cl)ccc1C(=O)N1CSCC1C(=O)O. The van der Waals surface area contributed by atoms with Crippen LogP contribution in [0, 0.1) is 12.3 Å². The van der Waals surface area contributed by atoms with Gasteiger partial charge in [0.25, 0.3) is 5.91 Å². The Hall–Kier alpha value is -1.64. The van der Waals surface area contributed by atoms with E-state index in [1.54, 1.807) is 6.07 Å². The molecule has 1 amide bonds. The normalized spacial score (nSPS) is 18.1. The van der Waals surface area contributed by atoms with E-state index in [1.807, 2.05) is 0 Å². The number of halogens is 1. The van der Waals surface area contributed by atoms with E-state index in [0.717, 1.165) is 0 Å². The molecule has 1 N–H and O–H groups in total. The monoisotopic (exact) mass is 295 g/mol. The lowest BCUT2D eigenvalue weighted by Crippen LogP contribution is -2.42. The number of carbonyl (C=O) groups is 2. The van der Waals surface area contributed by atoms with Gasteiger partial charge in [0.15, 0.2) is 0 Å². The van der Waals surface area contributed by atoms with Crippen molar-refractivity contribution in [2.75, 3.05) is 11.6 Å². The van der Waals surface area contributed by atoms with Crippen LogP contribution in [0.3, 0.4) is 0 Å². The smallest absolute Gasteiger partial charge is 0.327 e. The standard InChI is InChI=1S/C13H10ClNO3S/c1-2-8-5-9(14)3-4-10(8)12(16)15-7-19-6-11(15)13(17)18/h1,3-5,11H,6-7H2,(H,17,18). The fourth-order valence-corrected chi connectivity index (χ4v) is 3.14. The van der Waals surface area contributed by atoms with Gasteiger partial charge >= 0.3 is 5.97 Å². The molecule has 98 valence electrons. The Balaban J connectivity index is 2.35. The predicted molar refractivity (Wildman–Crippen MR) is 74.3 cm³/mol. The van der Waals surface area contributed by atoms with Crippen molar-refractivity contribution in [3.05, 3.63) is 34.3 Å². The summed E-state index contributed by atoms with van der Waals surface area (Å²) >= 11 is 7.23. The number of terminal acetylenes is 1. The van der Waals surface area contributed by atoms with Gasteiger partial charge in [-0.15, -0.1) is 18.2 Å². The van der Waals surface area contributed by atoms with E-state index in [9.17, 15) is 9.59 Å². The van der Waals surface area contributed by atoms with Crippen molar-refractivity contribution >= 4 is 35.2 Å². The zero-order chi connectivity index (χ0) is 14.0. The fraction of sp³-hybridized carbons (Fsp3) is 0.231. The Morgan fingerprint density at radius 3 is 2.89 bits per heavy atom. The molecule has 2 rings (SSSR count). The van der Waals surface area contributed by atoms with Gasteiger partial charge in [0.05, 0.1) is 11.4 Å². The summed E-state index contributed by atoms with van der Waals surface area (Å²) in [6.07, 6.45) is 5.35. The first kappa shape index (κ1) is 13.8. The zero-order valence-electron chi connectivity index (χ0n) is 9.80. The summed E-state index contributed by atoms with van der Waals surface area (Å²) in [5, 5.41) is 9.52. The Morgan fingerprint density at radius 2 is 2.26 bits per heavy atom. The van der Waals surface area contributed by atoms with Crippen molar-refractivity contribution in [3.8, 4) is 12.3 Å². The van der Waals surface area contributed by atoms with Crippen molar-refractivity contribution in [2.24, 2.45) is 0 Å². The molecule has 1 aromatic rings. The summed E-state index contributed by atoms with van der Waals surface area (Å²) in [6, 6.07) is 3.81. The lowest BCUT2D eigenvalue weighted by Gasteiger charge is -2.21. The predicted octanol–water partition coefficient (Wildman–Crippen LogP) is 1.92. The number of benzene rings is 1. The van der Waals surface area contributed by atoms with E-state index < -0.39 is 12.0 Å². The van der Waals surface area contributed by atoms with Crippen LogP contribution in [0.2, 0.25) is 5.02 Å². The molecule has 0 saturated carbocycles. The van der Waals surface area contributed by atoms with Crippen molar-refractivity contribution in [1.29, 1.82) is 0 Å². The van der Waals surface area contributed by atoms with E-state index >= 15 is 0 Å². The molecule has 0 spiro atoms. The van der Waals surface area contributed by atoms with Crippen LogP contribution in [0.5, 0.6) is 0 Å². The van der Waals surface area contributed by atoms with Gasteiger partial charge in [0.1, 0.15) is 6.04 Å². The molecule has 0 bridgehead atoms. The molecule has 6 heteroatoms. The topological polar surface area (TPSA) is 57.6 Å². The lowest BCUT2D eigenvalue weighted by molar-refractivity contribution is -0.140. The van der Waals surface area contributed by atoms with Crippen LogP contribution in [0.25, 0.3) is 0 Å². The van der Waals surface area contributed by atoms with Gasteiger partial charge in [-0.1, -0.05) is 17.5 Å². The van der Waals surface area contributed by atoms with Gasteiger partial charge in [-0.2, -0.15) is 0 Å². The maximum Gasteiger partial charge on any atom is 0.327 e. The van der Waals surface area contributed by atoms with E-state index in [0.29, 0.717) is 27.8 Å². The van der Waals surface area contributed by atoms with Crippen LogP contribution < -0.4 is 0 Å². The van der Waals surface area contributed by atoms with Crippen LogP contribution in [-0.2, 0) is 4.79 Å². The Morgan fingerprint density at radius 1 is 1.53 bits per heavy atom. The van der Waals surface area contributed by atoms with E-state index in [1.165, 1.54) is 28.8 Å². The van der Waals surface area contributed by atoms with Crippen molar-refractivity contribution in [3.63, 3.8) is 0 Å². The largest absolute Gasteiger partial charge is 0.480 e. The molecule has 1 aliphatic heterocycles. The molecule has 1 heterocycles. The van der Waals surface area contributed by atoms with Gasteiger partial charge in [0.2, 0.25) is 0 Å². The average Bonchev–Trinajstić information content (AvgIpc) is 2.87. The number of carboxylic acids is 1. The number of rotatable bonds is 2. The third kappa shape index (κ3) is 2.70. The highest BCUT2D eigenvalue weighted by Gasteiger charge is 2.35. The summed E-state index contributed by atoms with van der Waals surface area (Å²) in [7, 11) is 0. The van der Waals surface area contributed by atoms with Crippen LogP contribution in [0.1, 0.15) is 15.9 Å². The van der Waals surface area contributed by atoms with Crippen LogP contribution >= 0.6 is 23.4 Å². The molecule has 0 aliphatic carbocycles. The number of hydrogen-bond donors (Lipinski definition) is 1. The van der Waals surface area contributed by atoms with Gasteiger partial charge in [-0.3, -0.25) is 4.79 Å². The van der Waals surface area contributed by atoms with Crippen molar-refractivity contribution in [2.45, 2.75) is 6.04 Å². The molecule has 4 nitrogen and oxygen atoms in total. The van der Waals surface area contributed by atoms with Crippen molar-refractivity contribution in [1.82, 2.24) is 4.90 Å². The molecule has 1 unspecified atom stereocenters. The number of nitrogens with zero attached hydrogens (tertiary/aromatic N) is 1. The third-order valence-corrected chi connectivity index (χ3v) is 4.04.